The van der Waals surface area contributed by atoms with Gasteiger partial charge in [-0.05, 0) is 118 Å². The predicted octanol–water partition coefficient (Wildman–Crippen LogP) is 4.62. The highest BCUT2D eigenvalue weighted by atomic mass is 127. The maximum atomic E-state index is 9.80. The van der Waals surface area contributed by atoms with E-state index in [-0.39, 0.29) is 34.5 Å². The van der Waals surface area contributed by atoms with Crippen LogP contribution in [0.5, 0.6) is 11.5 Å². The summed E-state index contributed by atoms with van der Waals surface area (Å²) in [5, 5.41) is 23.0. The van der Waals surface area contributed by atoms with Crippen LogP contribution in [0.2, 0.25) is 0 Å². The van der Waals surface area contributed by atoms with E-state index in [9.17, 15) is 10.2 Å². The van der Waals surface area contributed by atoms with E-state index in [1.807, 2.05) is 0 Å². The normalized spacial score (nSPS) is 16.6. The highest BCUT2D eigenvalue weighted by molar-refractivity contribution is 14.1. The molecule has 3 nitrogen and oxygen atoms in total. The third-order valence-corrected chi connectivity index (χ3v) is 6.42. The Morgan fingerprint density at radius 2 is 1.70 bits per heavy atom. The van der Waals surface area contributed by atoms with Gasteiger partial charge in [0.2, 0.25) is 0 Å². The highest BCUT2D eigenvalue weighted by Crippen LogP contribution is 2.35. The van der Waals surface area contributed by atoms with E-state index in [2.05, 4.69) is 69.6 Å². The summed E-state index contributed by atoms with van der Waals surface area (Å²) in [6.07, 6.45) is 1.76. The van der Waals surface area contributed by atoms with Crippen LogP contribution in [0, 0.1) is 14.1 Å². The van der Waals surface area contributed by atoms with E-state index in [0.29, 0.717) is 0 Å². The molecule has 1 heterocycles. The third kappa shape index (κ3) is 4.13. The summed E-state index contributed by atoms with van der Waals surface area (Å²) in [5.74, 6) is -0.0700. The molecule has 0 radical (unpaired) electrons. The molecule has 1 aliphatic rings. The standard InChI is InChI=1S/C17H17I2NO2.BrH/c1-9-13(18)4-10(5-14(9)19)6-15-12-8-17(22)16(21)7-11(12)2-3-20-15;/h4-5,7-8,15,20-22H,2-3,6H2,1H3;1H. The van der Waals surface area contributed by atoms with Gasteiger partial charge in [-0.15, -0.1) is 17.0 Å². The summed E-state index contributed by atoms with van der Waals surface area (Å²) < 4.78 is 2.56. The summed E-state index contributed by atoms with van der Waals surface area (Å²) in [5.41, 5.74) is 4.82. The van der Waals surface area contributed by atoms with Crippen molar-refractivity contribution in [1.29, 1.82) is 0 Å². The molecule has 0 fully saturated rings. The molecule has 3 N–H and O–H groups in total. The van der Waals surface area contributed by atoms with Crippen molar-refractivity contribution in [3.05, 3.63) is 53.7 Å². The monoisotopic (exact) mass is 601 g/mol. The van der Waals surface area contributed by atoms with Crippen molar-refractivity contribution >= 4 is 62.2 Å². The molecule has 2 aromatic rings. The van der Waals surface area contributed by atoms with Crippen LogP contribution >= 0.6 is 62.2 Å². The zero-order valence-corrected chi connectivity index (χ0v) is 18.6. The van der Waals surface area contributed by atoms with Crippen LogP contribution in [0.1, 0.15) is 28.3 Å². The van der Waals surface area contributed by atoms with Crippen molar-refractivity contribution in [1.82, 2.24) is 5.32 Å². The first-order valence-corrected chi connectivity index (χ1v) is 9.34. The lowest BCUT2D eigenvalue weighted by Gasteiger charge is -2.27. The number of nitrogens with one attached hydrogen (secondary N) is 1. The van der Waals surface area contributed by atoms with Crippen LogP contribution in [0.25, 0.3) is 0 Å². The van der Waals surface area contributed by atoms with Crippen LogP contribution in [-0.2, 0) is 12.8 Å². The van der Waals surface area contributed by atoms with Gasteiger partial charge in [-0.25, -0.2) is 0 Å². The first-order valence-electron chi connectivity index (χ1n) is 7.18. The Bertz CT molecular complexity index is 714. The van der Waals surface area contributed by atoms with Crippen LogP contribution in [0.4, 0.5) is 0 Å². The molecule has 0 bridgehead atoms. The molecule has 1 aliphatic heterocycles. The van der Waals surface area contributed by atoms with Crippen LogP contribution in [0.3, 0.4) is 0 Å². The van der Waals surface area contributed by atoms with Crippen LogP contribution in [0.15, 0.2) is 24.3 Å². The Labute approximate surface area is 173 Å². The number of halogens is 3. The molecule has 0 aliphatic carbocycles. The Morgan fingerprint density at radius 3 is 2.35 bits per heavy atom. The lowest BCUT2D eigenvalue weighted by atomic mass is 9.89. The van der Waals surface area contributed by atoms with Gasteiger partial charge in [0.15, 0.2) is 11.5 Å². The van der Waals surface area contributed by atoms with Gasteiger partial charge >= 0.3 is 0 Å². The average molecular weight is 602 g/mol. The van der Waals surface area contributed by atoms with Crippen molar-refractivity contribution in [3.8, 4) is 11.5 Å². The van der Waals surface area contributed by atoms with Crippen molar-refractivity contribution in [2.24, 2.45) is 0 Å². The van der Waals surface area contributed by atoms with E-state index in [1.54, 1.807) is 12.1 Å². The van der Waals surface area contributed by atoms with Gasteiger partial charge in [-0.3, -0.25) is 0 Å². The molecular formula is C17H18BrI2NO2. The fraction of sp³-hybridized carbons (Fsp3) is 0.294. The molecule has 0 saturated heterocycles. The van der Waals surface area contributed by atoms with Crippen LogP contribution in [-0.4, -0.2) is 16.8 Å². The second-order valence-corrected chi connectivity index (χ2v) is 8.01. The number of benzene rings is 2. The minimum atomic E-state index is -0.0412. The fourth-order valence-corrected chi connectivity index (χ4v) is 4.80. The average Bonchev–Trinajstić information content (AvgIpc) is 2.47. The number of fused-ring (bicyclic) bond motifs is 1. The van der Waals surface area contributed by atoms with Crippen molar-refractivity contribution in [2.45, 2.75) is 25.8 Å². The molecule has 0 amide bonds. The van der Waals surface area contributed by atoms with Crippen LogP contribution < -0.4 is 5.32 Å². The Hall–Kier alpha value is -0.0600. The lowest BCUT2D eigenvalue weighted by Crippen LogP contribution is -2.31. The molecule has 0 saturated carbocycles. The number of aromatic hydroxyl groups is 2. The minimum Gasteiger partial charge on any atom is -0.504 e. The summed E-state index contributed by atoms with van der Waals surface area (Å²) in [6, 6.07) is 8.03. The van der Waals surface area contributed by atoms with Crippen molar-refractivity contribution in [3.63, 3.8) is 0 Å². The number of rotatable bonds is 2. The zero-order chi connectivity index (χ0) is 15.9. The van der Waals surface area contributed by atoms with Gasteiger partial charge in [-0.1, -0.05) is 0 Å². The Balaban J connectivity index is 0.00000192. The first kappa shape index (κ1) is 19.3. The molecule has 1 unspecified atom stereocenters. The van der Waals surface area contributed by atoms with E-state index < -0.39 is 0 Å². The van der Waals surface area contributed by atoms with Gasteiger partial charge in [0.05, 0.1) is 0 Å². The summed E-state index contributed by atoms with van der Waals surface area (Å²) in [4.78, 5) is 0. The lowest BCUT2D eigenvalue weighted by molar-refractivity contribution is 0.398. The maximum absolute atomic E-state index is 9.80. The fourth-order valence-electron chi connectivity index (χ4n) is 2.90. The molecule has 124 valence electrons. The van der Waals surface area contributed by atoms with E-state index in [1.165, 1.54) is 18.3 Å². The van der Waals surface area contributed by atoms with Crippen molar-refractivity contribution < 1.29 is 10.2 Å². The summed E-state index contributed by atoms with van der Waals surface area (Å²) >= 11 is 4.76. The molecule has 6 heteroatoms. The first-order chi connectivity index (χ1) is 10.5. The number of hydrogen-bond donors (Lipinski definition) is 3. The molecule has 0 aromatic heterocycles. The van der Waals surface area contributed by atoms with Gasteiger partial charge in [0.25, 0.3) is 0 Å². The second-order valence-electron chi connectivity index (χ2n) is 5.69. The van der Waals surface area contributed by atoms with Gasteiger partial charge < -0.3 is 15.5 Å². The zero-order valence-electron chi connectivity index (χ0n) is 12.6. The topological polar surface area (TPSA) is 52.5 Å². The largest absolute Gasteiger partial charge is 0.504 e. The molecule has 2 aromatic carbocycles. The van der Waals surface area contributed by atoms with Crippen molar-refractivity contribution in [2.75, 3.05) is 6.54 Å². The predicted molar refractivity (Wildman–Crippen MR) is 115 cm³/mol. The number of hydrogen-bond acceptors (Lipinski definition) is 3. The van der Waals surface area contributed by atoms with Gasteiger partial charge in [0.1, 0.15) is 0 Å². The SMILES string of the molecule is Br.Cc1c(I)cc(CC2NCCc3cc(O)c(O)cc32)cc1I. The summed E-state index contributed by atoms with van der Waals surface area (Å²) in [6.45, 7) is 3.03. The third-order valence-electron chi connectivity index (χ3n) is 4.18. The quantitative estimate of drug-likeness (QED) is 0.348. The van der Waals surface area contributed by atoms with E-state index in [4.69, 9.17) is 0 Å². The maximum Gasteiger partial charge on any atom is 0.157 e. The smallest absolute Gasteiger partial charge is 0.157 e. The molecule has 1 atom stereocenters. The number of phenols is 2. The number of phenolic OH excluding ortho intramolecular Hbond substituents is 2. The molecule has 0 spiro atoms. The molecule has 23 heavy (non-hydrogen) atoms. The minimum absolute atomic E-state index is 0. The molecule has 3 rings (SSSR count). The van der Waals surface area contributed by atoms with E-state index in [0.717, 1.165) is 30.5 Å². The van der Waals surface area contributed by atoms with Gasteiger partial charge in [0, 0.05) is 13.2 Å². The summed E-state index contributed by atoms with van der Waals surface area (Å²) in [7, 11) is 0. The Morgan fingerprint density at radius 1 is 1.09 bits per heavy atom. The van der Waals surface area contributed by atoms with E-state index >= 15 is 0 Å². The Kier molecular flexibility index (Phi) is 6.60. The van der Waals surface area contributed by atoms with Gasteiger partial charge in [-0.2, -0.15) is 0 Å². The molecular weight excluding hydrogens is 584 g/mol. The second kappa shape index (κ2) is 7.88. The highest BCUT2D eigenvalue weighted by Gasteiger charge is 2.22.